The minimum absolute atomic E-state index is 0.0841. The van der Waals surface area contributed by atoms with Crippen molar-refractivity contribution in [1.82, 2.24) is 5.32 Å². The molecule has 0 bridgehead atoms. The number of benzene rings is 1. The number of carboxylic acid groups (broad SMARTS) is 1. The highest BCUT2D eigenvalue weighted by Crippen LogP contribution is 2.24. The Morgan fingerprint density at radius 2 is 2.00 bits per heavy atom. The van der Waals surface area contributed by atoms with E-state index < -0.39 is 17.9 Å². The molecule has 0 aliphatic carbocycles. The van der Waals surface area contributed by atoms with Gasteiger partial charge in [0.25, 0.3) is 5.91 Å². The number of ether oxygens (including phenoxy) is 1. The molecule has 5 nitrogen and oxygen atoms in total. The molecule has 0 aliphatic heterocycles. The minimum atomic E-state index is -0.970. The molecule has 0 radical (unpaired) electrons. The quantitative estimate of drug-likeness (QED) is 0.847. The second-order valence-electron chi connectivity index (χ2n) is 4.78. The average Bonchev–Trinajstić information content (AvgIpc) is 2.29. The minimum Gasteiger partial charge on any atom is -0.490 e. The van der Waals surface area contributed by atoms with Gasteiger partial charge in [-0.3, -0.25) is 9.59 Å². The molecule has 110 valence electrons. The zero-order chi connectivity index (χ0) is 15.3. The average molecular weight is 300 g/mol. The molecule has 0 aliphatic rings. The lowest BCUT2D eigenvalue weighted by Crippen LogP contribution is -2.34. The lowest BCUT2D eigenvalue weighted by molar-refractivity contribution is -0.137. The maximum Gasteiger partial charge on any atom is 0.305 e. The Morgan fingerprint density at radius 3 is 2.55 bits per heavy atom. The predicted molar refractivity (Wildman–Crippen MR) is 76.4 cm³/mol. The number of nitrogens with one attached hydrogen (secondary N) is 1. The van der Waals surface area contributed by atoms with Gasteiger partial charge in [0.2, 0.25) is 0 Å². The highest BCUT2D eigenvalue weighted by atomic mass is 35.5. The SMILES string of the molecule is CC(CC(=O)O)NC(=O)c1cc(Cl)ccc1OC(C)C. The van der Waals surface area contributed by atoms with E-state index in [-0.39, 0.29) is 12.5 Å². The van der Waals surface area contributed by atoms with E-state index in [1.54, 1.807) is 19.1 Å². The van der Waals surface area contributed by atoms with E-state index in [0.29, 0.717) is 16.3 Å². The zero-order valence-corrected chi connectivity index (χ0v) is 12.4. The summed E-state index contributed by atoms with van der Waals surface area (Å²) >= 11 is 5.89. The highest BCUT2D eigenvalue weighted by molar-refractivity contribution is 6.31. The van der Waals surface area contributed by atoms with Crippen molar-refractivity contribution in [2.45, 2.75) is 39.3 Å². The van der Waals surface area contributed by atoms with Crippen LogP contribution in [0.2, 0.25) is 5.02 Å². The number of rotatable bonds is 6. The van der Waals surface area contributed by atoms with Crippen LogP contribution in [-0.2, 0) is 4.79 Å². The van der Waals surface area contributed by atoms with Crippen molar-refractivity contribution in [3.63, 3.8) is 0 Å². The Balaban J connectivity index is 2.90. The number of carbonyl (C=O) groups excluding carboxylic acids is 1. The van der Waals surface area contributed by atoms with E-state index >= 15 is 0 Å². The maximum atomic E-state index is 12.1. The van der Waals surface area contributed by atoms with Gasteiger partial charge in [-0.25, -0.2) is 0 Å². The molecule has 20 heavy (non-hydrogen) atoms. The summed E-state index contributed by atoms with van der Waals surface area (Å²) < 4.78 is 5.55. The van der Waals surface area contributed by atoms with Gasteiger partial charge in [-0.1, -0.05) is 11.6 Å². The lowest BCUT2D eigenvalue weighted by Gasteiger charge is -2.16. The molecular weight excluding hydrogens is 282 g/mol. The van der Waals surface area contributed by atoms with Crippen LogP contribution in [0.1, 0.15) is 37.6 Å². The van der Waals surface area contributed by atoms with E-state index in [2.05, 4.69) is 5.32 Å². The summed E-state index contributed by atoms with van der Waals surface area (Å²) in [6.07, 6.45) is -0.230. The van der Waals surface area contributed by atoms with Gasteiger partial charge in [0.1, 0.15) is 5.75 Å². The van der Waals surface area contributed by atoms with Crippen LogP contribution < -0.4 is 10.1 Å². The molecule has 6 heteroatoms. The van der Waals surface area contributed by atoms with Gasteiger partial charge in [-0.2, -0.15) is 0 Å². The van der Waals surface area contributed by atoms with Crippen LogP contribution in [-0.4, -0.2) is 29.1 Å². The molecule has 0 saturated carbocycles. The molecule has 1 aromatic rings. The molecule has 1 unspecified atom stereocenters. The van der Waals surface area contributed by atoms with E-state index in [4.69, 9.17) is 21.4 Å². The topological polar surface area (TPSA) is 75.6 Å². The van der Waals surface area contributed by atoms with Crippen LogP contribution in [0, 0.1) is 0 Å². The first-order valence-corrected chi connectivity index (χ1v) is 6.66. The van der Waals surface area contributed by atoms with Crippen molar-refractivity contribution in [1.29, 1.82) is 0 Å². The summed E-state index contributed by atoms with van der Waals surface area (Å²) in [4.78, 5) is 22.7. The number of hydrogen-bond donors (Lipinski definition) is 2. The molecule has 0 aromatic heterocycles. The van der Waals surface area contributed by atoms with Crippen LogP contribution in [0.25, 0.3) is 0 Å². The predicted octanol–water partition coefficient (Wildman–Crippen LogP) is 2.72. The molecule has 1 atom stereocenters. The van der Waals surface area contributed by atoms with Crippen molar-refractivity contribution >= 4 is 23.5 Å². The fourth-order valence-electron chi connectivity index (χ4n) is 1.65. The second kappa shape index (κ2) is 7.14. The number of halogens is 1. The van der Waals surface area contributed by atoms with E-state index in [1.807, 2.05) is 13.8 Å². The van der Waals surface area contributed by atoms with E-state index in [1.165, 1.54) is 6.07 Å². The number of aliphatic carboxylic acids is 1. The fraction of sp³-hybridized carbons (Fsp3) is 0.429. The highest BCUT2D eigenvalue weighted by Gasteiger charge is 2.17. The van der Waals surface area contributed by atoms with Gasteiger partial charge in [0, 0.05) is 11.1 Å². The fourth-order valence-corrected chi connectivity index (χ4v) is 1.82. The third-order valence-corrected chi connectivity index (χ3v) is 2.64. The standard InChI is InChI=1S/C14H18ClNO4/c1-8(2)20-12-5-4-10(15)7-11(12)14(19)16-9(3)6-13(17)18/h4-5,7-9H,6H2,1-3H3,(H,16,19)(H,17,18). The molecule has 1 aromatic carbocycles. The third kappa shape index (κ3) is 5.09. The lowest BCUT2D eigenvalue weighted by atomic mass is 10.1. The first-order chi connectivity index (χ1) is 9.29. The summed E-state index contributed by atoms with van der Waals surface area (Å²) in [5.74, 6) is -0.955. The van der Waals surface area contributed by atoms with Gasteiger partial charge in [0.05, 0.1) is 18.1 Å². The number of hydrogen-bond acceptors (Lipinski definition) is 3. The Hall–Kier alpha value is -1.75. The molecule has 0 fully saturated rings. The number of amides is 1. The summed E-state index contributed by atoms with van der Waals surface area (Å²) in [5.41, 5.74) is 0.295. The van der Waals surface area contributed by atoms with Gasteiger partial charge in [-0.15, -0.1) is 0 Å². The first-order valence-electron chi connectivity index (χ1n) is 6.28. The Morgan fingerprint density at radius 1 is 1.35 bits per heavy atom. The smallest absolute Gasteiger partial charge is 0.305 e. The maximum absolute atomic E-state index is 12.1. The molecule has 2 N–H and O–H groups in total. The van der Waals surface area contributed by atoms with Gasteiger partial charge in [0.15, 0.2) is 0 Å². The molecule has 0 spiro atoms. The monoisotopic (exact) mass is 299 g/mol. The first kappa shape index (κ1) is 16.3. The molecule has 1 rings (SSSR count). The van der Waals surface area contributed by atoms with Crippen molar-refractivity contribution in [3.05, 3.63) is 28.8 Å². The Bertz CT molecular complexity index is 502. The van der Waals surface area contributed by atoms with E-state index in [9.17, 15) is 9.59 Å². The third-order valence-electron chi connectivity index (χ3n) is 2.41. The number of carboxylic acids is 1. The van der Waals surface area contributed by atoms with Crippen molar-refractivity contribution < 1.29 is 19.4 Å². The van der Waals surface area contributed by atoms with Crippen LogP contribution in [0.5, 0.6) is 5.75 Å². The molecule has 1 amide bonds. The van der Waals surface area contributed by atoms with Gasteiger partial charge in [-0.05, 0) is 39.0 Å². The van der Waals surface area contributed by atoms with Crippen LogP contribution in [0.4, 0.5) is 0 Å². The van der Waals surface area contributed by atoms with Crippen LogP contribution >= 0.6 is 11.6 Å². The van der Waals surface area contributed by atoms with Crippen LogP contribution in [0.15, 0.2) is 18.2 Å². The van der Waals surface area contributed by atoms with E-state index in [0.717, 1.165) is 0 Å². The molecule has 0 heterocycles. The Kier molecular flexibility index (Phi) is 5.82. The summed E-state index contributed by atoms with van der Waals surface area (Å²) in [6, 6.07) is 4.28. The summed E-state index contributed by atoms with van der Waals surface area (Å²) in [7, 11) is 0. The largest absolute Gasteiger partial charge is 0.490 e. The summed E-state index contributed by atoms with van der Waals surface area (Å²) in [6.45, 7) is 5.33. The normalized spacial score (nSPS) is 12.1. The second-order valence-corrected chi connectivity index (χ2v) is 5.22. The number of carbonyl (C=O) groups is 2. The van der Waals surface area contributed by atoms with Crippen molar-refractivity contribution in [2.24, 2.45) is 0 Å². The van der Waals surface area contributed by atoms with Crippen LogP contribution in [0.3, 0.4) is 0 Å². The van der Waals surface area contributed by atoms with Gasteiger partial charge < -0.3 is 15.2 Å². The van der Waals surface area contributed by atoms with Gasteiger partial charge >= 0.3 is 5.97 Å². The molecular formula is C14H18ClNO4. The van der Waals surface area contributed by atoms with Crippen molar-refractivity contribution in [3.8, 4) is 5.75 Å². The Labute approximate surface area is 122 Å². The van der Waals surface area contributed by atoms with Crippen molar-refractivity contribution in [2.75, 3.05) is 0 Å². The molecule has 0 saturated heterocycles. The summed E-state index contributed by atoms with van der Waals surface area (Å²) in [5, 5.41) is 11.7. The zero-order valence-electron chi connectivity index (χ0n) is 11.6.